The maximum atomic E-state index is 12.0. The van der Waals surface area contributed by atoms with Gasteiger partial charge in [-0.2, -0.15) is 14.7 Å². The molecule has 0 unspecified atom stereocenters. The Hall–Kier alpha value is -1.39. The summed E-state index contributed by atoms with van der Waals surface area (Å²) in [7, 11) is -3.58. The average Bonchev–Trinajstić information content (AvgIpc) is 2.61. The molecule has 0 radical (unpaired) electrons. The summed E-state index contributed by atoms with van der Waals surface area (Å²) in [6, 6.07) is 1.82. The molecule has 1 aromatic heterocycles. The zero-order valence-electron chi connectivity index (χ0n) is 8.56. The van der Waals surface area contributed by atoms with Gasteiger partial charge in [0.25, 0.3) is 0 Å². The highest BCUT2D eigenvalue weighted by atomic mass is 32.2. The van der Waals surface area contributed by atoms with Crippen LogP contribution in [0.1, 0.15) is 12.6 Å². The van der Waals surface area contributed by atoms with E-state index in [0.29, 0.717) is 5.69 Å². The van der Waals surface area contributed by atoms with Crippen molar-refractivity contribution in [3.63, 3.8) is 0 Å². The first-order valence-corrected chi connectivity index (χ1v) is 5.85. The number of hydrogen-bond donors (Lipinski definition) is 1. The summed E-state index contributed by atoms with van der Waals surface area (Å²) in [5, 5.41) is 14.7. The topological polar surface area (TPSA) is 89.8 Å². The minimum Gasteiger partial charge on any atom is -0.281 e. The molecule has 0 aliphatic carbocycles. The van der Waals surface area contributed by atoms with Gasteiger partial charge in [0.2, 0.25) is 10.0 Å². The zero-order chi connectivity index (χ0) is 11.5. The van der Waals surface area contributed by atoms with Crippen LogP contribution in [0.2, 0.25) is 0 Å². The predicted molar refractivity (Wildman–Crippen MR) is 53.4 cm³/mol. The number of sulfonamides is 1. The number of nitriles is 1. The van der Waals surface area contributed by atoms with E-state index in [0.717, 1.165) is 4.31 Å². The van der Waals surface area contributed by atoms with E-state index >= 15 is 0 Å². The van der Waals surface area contributed by atoms with Crippen LogP contribution in [0.4, 0.5) is 0 Å². The molecule has 1 aromatic rings. The first kappa shape index (κ1) is 11.7. The molecule has 1 rings (SSSR count). The Morgan fingerprint density at radius 1 is 1.67 bits per heavy atom. The lowest BCUT2D eigenvalue weighted by molar-refractivity contribution is 0.462. The Bertz CT molecular complexity index is 471. The average molecular weight is 228 g/mol. The maximum Gasteiger partial charge on any atom is 0.247 e. The van der Waals surface area contributed by atoms with Gasteiger partial charge in [0, 0.05) is 6.54 Å². The number of aromatic nitrogens is 2. The van der Waals surface area contributed by atoms with Crippen LogP contribution in [-0.2, 0) is 10.0 Å². The fraction of sp³-hybridized carbons (Fsp3) is 0.500. The van der Waals surface area contributed by atoms with Crippen LogP contribution < -0.4 is 0 Å². The lowest BCUT2D eigenvalue weighted by Gasteiger charge is -2.16. The highest BCUT2D eigenvalue weighted by molar-refractivity contribution is 7.89. The van der Waals surface area contributed by atoms with Crippen LogP contribution in [0.3, 0.4) is 0 Å². The van der Waals surface area contributed by atoms with Crippen LogP contribution in [0.5, 0.6) is 0 Å². The predicted octanol–water partition coefficient (Wildman–Crippen LogP) is 0.252. The molecule has 0 fully saturated rings. The van der Waals surface area contributed by atoms with Crippen molar-refractivity contribution >= 4 is 10.0 Å². The van der Waals surface area contributed by atoms with E-state index in [9.17, 15) is 8.42 Å². The number of rotatable bonds is 4. The molecule has 6 nitrogen and oxygen atoms in total. The number of H-pyrrole nitrogens is 1. The number of aromatic amines is 1. The fourth-order valence-electron chi connectivity index (χ4n) is 1.18. The molecule has 0 aromatic carbocycles. The SMILES string of the molecule is CCN(CC#N)S(=O)(=O)c1cn[nH]c1C. The maximum absolute atomic E-state index is 12.0. The molecule has 0 saturated heterocycles. The second-order valence-electron chi connectivity index (χ2n) is 2.95. The zero-order valence-corrected chi connectivity index (χ0v) is 9.37. The molecule has 1 N–H and O–H groups in total. The second-order valence-corrected chi connectivity index (χ2v) is 4.85. The Labute approximate surface area is 88.6 Å². The van der Waals surface area contributed by atoms with Gasteiger partial charge in [-0.3, -0.25) is 5.10 Å². The van der Waals surface area contributed by atoms with Crippen LogP contribution in [-0.4, -0.2) is 36.0 Å². The number of aryl methyl sites for hydroxylation is 1. The summed E-state index contributed by atoms with van der Waals surface area (Å²) < 4.78 is 25.0. The van der Waals surface area contributed by atoms with Gasteiger partial charge in [0.15, 0.2) is 0 Å². The highest BCUT2D eigenvalue weighted by Gasteiger charge is 2.25. The summed E-state index contributed by atoms with van der Waals surface area (Å²) in [4.78, 5) is 0.125. The molecule has 0 bridgehead atoms. The lowest BCUT2D eigenvalue weighted by atomic mass is 10.5. The van der Waals surface area contributed by atoms with Gasteiger partial charge in [-0.05, 0) is 6.92 Å². The monoisotopic (exact) mass is 228 g/mol. The standard InChI is InChI=1S/C8H12N4O2S/c1-3-12(5-4-9)15(13,14)8-6-10-11-7(8)2/h6H,3,5H2,1-2H3,(H,10,11). The van der Waals surface area contributed by atoms with E-state index in [1.165, 1.54) is 6.20 Å². The minimum atomic E-state index is -3.58. The number of hydrogen-bond acceptors (Lipinski definition) is 4. The van der Waals surface area contributed by atoms with Gasteiger partial charge in [0.05, 0.1) is 18.0 Å². The van der Waals surface area contributed by atoms with Crippen LogP contribution in [0.15, 0.2) is 11.1 Å². The largest absolute Gasteiger partial charge is 0.281 e. The van der Waals surface area contributed by atoms with Gasteiger partial charge in [-0.1, -0.05) is 6.92 Å². The Morgan fingerprint density at radius 2 is 2.33 bits per heavy atom. The quantitative estimate of drug-likeness (QED) is 0.748. The van der Waals surface area contributed by atoms with E-state index in [-0.39, 0.29) is 18.0 Å². The molecule has 0 aliphatic rings. The first-order valence-electron chi connectivity index (χ1n) is 4.41. The smallest absolute Gasteiger partial charge is 0.247 e. The second kappa shape index (κ2) is 4.42. The van der Waals surface area contributed by atoms with E-state index in [1.807, 2.05) is 6.07 Å². The summed E-state index contributed by atoms with van der Waals surface area (Å²) >= 11 is 0. The molecule has 7 heteroatoms. The Morgan fingerprint density at radius 3 is 2.73 bits per heavy atom. The first-order chi connectivity index (χ1) is 7.04. The van der Waals surface area contributed by atoms with Gasteiger partial charge in [-0.25, -0.2) is 8.42 Å². The summed E-state index contributed by atoms with van der Waals surface area (Å²) in [6.07, 6.45) is 1.25. The molecular formula is C8H12N4O2S. The summed E-state index contributed by atoms with van der Waals surface area (Å²) in [5.41, 5.74) is 0.478. The highest BCUT2D eigenvalue weighted by Crippen LogP contribution is 2.16. The van der Waals surface area contributed by atoms with Crippen molar-refractivity contribution < 1.29 is 8.42 Å². The van der Waals surface area contributed by atoms with Crippen LogP contribution >= 0.6 is 0 Å². The van der Waals surface area contributed by atoms with Crippen molar-refractivity contribution in [3.8, 4) is 6.07 Å². The summed E-state index contributed by atoms with van der Waals surface area (Å²) in [5.74, 6) is 0. The van der Waals surface area contributed by atoms with Crippen molar-refractivity contribution in [2.45, 2.75) is 18.7 Å². The number of nitrogens with zero attached hydrogens (tertiary/aromatic N) is 3. The molecule has 1 heterocycles. The Kier molecular flexibility index (Phi) is 3.44. The van der Waals surface area contributed by atoms with Gasteiger partial charge in [-0.15, -0.1) is 0 Å². The molecule has 82 valence electrons. The van der Waals surface area contributed by atoms with Gasteiger partial charge in [0.1, 0.15) is 11.4 Å². The van der Waals surface area contributed by atoms with E-state index in [2.05, 4.69) is 10.2 Å². The van der Waals surface area contributed by atoms with Gasteiger partial charge >= 0.3 is 0 Å². The third-order valence-electron chi connectivity index (χ3n) is 2.00. The van der Waals surface area contributed by atoms with Crippen molar-refractivity contribution in [1.29, 1.82) is 5.26 Å². The molecule has 15 heavy (non-hydrogen) atoms. The Balaban J connectivity index is 3.13. The molecular weight excluding hydrogens is 216 g/mol. The third kappa shape index (κ3) is 2.16. The third-order valence-corrected chi connectivity index (χ3v) is 4.04. The van der Waals surface area contributed by atoms with Crippen LogP contribution in [0, 0.1) is 18.3 Å². The summed E-state index contributed by atoms with van der Waals surface area (Å²) in [6.45, 7) is 3.42. The van der Waals surface area contributed by atoms with Gasteiger partial charge < -0.3 is 0 Å². The van der Waals surface area contributed by atoms with Crippen molar-refractivity contribution in [2.24, 2.45) is 0 Å². The molecule has 0 aliphatic heterocycles. The minimum absolute atomic E-state index is 0.125. The van der Waals surface area contributed by atoms with Crippen molar-refractivity contribution in [3.05, 3.63) is 11.9 Å². The fourth-order valence-corrected chi connectivity index (χ4v) is 2.65. The lowest BCUT2D eigenvalue weighted by Crippen LogP contribution is -2.31. The van der Waals surface area contributed by atoms with E-state index in [1.54, 1.807) is 13.8 Å². The van der Waals surface area contributed by atoms with Crippen LogP contribution in [0.25, 0.3) is 0 Å². The molecule has 0 atom stereocenters. The number of nitrogens with one attached hydrogen (secondary N) is 1. The van der Waals surface area contributed by atoms with E-state index < -0.39 is 10.0 Å². The van der Waals surface area contributed by atoms with Crippen molar-refractivity contribution in [2.75, 3.05) is 13.1 Å². The molecule has 0 amide bonds. The molecule has 0 saturated carbocycles. The van der Waals surface area contributed by atoms with E-state index in [4.69, 9.17) is 5.26 Å². The van der Waals surface area contributed by atoms with Crippen molar-refractivity contribution in [1.82, 2.24) is 14.5 Å². The normalized spacial score (nSPS) is 11.6. The molecule has 0 spiro atoms.